The normalized spacial score (nSPS) is 29.6. The van der Waals surface area contributed by atoms with Gasteiger partial charge in [-0.05, 0) is 31.2 Å². The van der Waals surface area contributed by atoms with Crippen LogP contribution < -0.4 is 0 Å². The number of ether oxygens (including phenoxy) is 1. The van der Waals surface area contributed by atoms with Crippen molar-refractivity contribution in [1.82, 2.24) is 4.90 Å². The van der Waals surface area contributed by atoms with Gasteiger partial charge in [0.15, 0.2) is 0 Å². The summed E-state index contributed by atoms with van der Waals surface area (Å²) in [6.45, 7) is 4.38. The summed E-state index contributed by atoms with van der Waals surface area (Å²) >= 11 is 0. The van der Waals surface area contributed by atoms with Crippen LogP contribution in [-0.4, -0.2) is 30.1 Å². The Bertz CT molecular complexity index is 445. The third kappa shape index (κ3) is 2.39. The maximum atomic E-state index is 12.1. The summed E-state index contributed by atoms with van der Waals surface area (Å²) in [5.74, 6) is 0.641. The zero-order chi connectivity index (χ0) is 13.2. The summed E-state index contributed by atoms with van der Waals surface area (Å²) in [6, 6.07) is 10.9. The fourth-order valence-corrected chi connectivity index (χ4v) is 3.70. The van der Waals surface area contributed by atoms with Crippen LogP contribution in [0.5, 0.6) is 0 Å². The second-order valence-electron chi connectivity index (χ2n) is 5.60. The molecule has 3 atom stereocenters. The van der Waals surface area contributed by atoms with Crippen molar-refractivity contribution >= 4 is 5.97 Å². The first-order valence-corrected chi connectivity index (χ1v) is 7.24. The predicted octanol–water partition coefficient (Wildman–Crippen LogP) is 2.46. The number of fused-ring (bicyclic) bond motifs is 2. The van der Waals surface area contributed by atoms with Crippen molar-refractivity contribution in [2.24, 2.45) is 11.8 Å². The lowest BCUT2D eigenvalue weighted by atomic mass is 9.99. The third-order valence-electron chi connectivity index (χ3n) is 4.48. The van der Waals surface area contributed by atoms with E-state index >= 15 is 0 Å². The number of hydrogen-bond acceptors (Lipinski definition) is 3. The minimum atomic E-state index is 0.0190. The van der Waals surface area contributed by atoms with E-state index in [1.165, 1.54) is 12.0 Å². The monoisotopic (exact) mass is 259 g/mol. The average molecular weight is 259 g/mol. The quantitative estimate of drug-likeness (QED) is 0.778. The Morgan fingerprint density at radius 2 is 2.11 bits per heavy atom. The lowest BCUT2D eigenvalue weighted by Crippen LogP contribution is -2.34. The molecule has 0 aromatic heterocycles. The zero-order valence-electron chi connectivity index (χ0n) is 11.4. The lowest BCUT2D eigenvalue weighted by Gasteiger charge is -2.27. The molecule has 0 spiro atoms. The van der Waals surface area contributed by atoms with Gasteiger partial charge in [0.25, 0.3) is 0 Å². The van der Waals surface area contributed by atoms with E-state index in [9.17, 15) is 4.79 Å². The average Bonchev–Trinajstić information content (AvgIpc) is 2.97. The molecule has 0 unspecified atom stereocenters. The molecule has 1 saturated heterocycles. The Hall–Kier alpha value is -1.35. The highest BCUT2D eigenvalue weighted by atomic mass is 16.5. The van der Waals surface area contributed by atoms with Crippen molar-refractivity contribution in [2.75, 3.05) is 13.2 Å². The third-order valence-corrected chi connectivity index (χ3v) is 4.48. The highest BCUT2D eigenvalue weighted by Crippen LogP contribution is 2.43. The highest BCUT2D eigenvalue weighted by molar-refractivity contribution is 5.74. The number of nitrogens with zero attached hydrogens (tertiary/aromatic N) is 1. The van der Waals surface area contributed by atoms with Crippen LogP contribution in [0.4, 0.5) is 0 Å². The van der Waals surface area contributed by atoms with Crippen LogP contribution in [0, 0.1) is 11.8 Å². The number of hydrogen-bond donors (Lipinski definition) is 0. The lowest BCUT2D eigenvalue weighted by molar-refractivity contribution is -0.149. The topological polar surface area (TPSA) is 29.5 Å². The van der Waals surface area contributed by atoms with Crippen LogP contribution in [0.3, 0.4) is 0 Å². The van der Waals surface area contributed by atoms with Gasteiger partial charge in [-0.25, -0.2) is 0 Å². The molecule has 2 bridgehead atoms. The number of benzene rings is 1. The SMILES string of the molecule is CCOC(=O)[C@H]1[C@@H]2CC[C@H]1N(Cc1ccccc1)C2. The first kappa shape index (κ1) is 12.7. The van der Waals surface area contributed by atoms with E-state index < -0.39 is 0 Å². The van der Waals surface area contributed by atoms with Crippen molar-refractivity contribution < 1.29 is 9.53 Å². The smallest absolute Gasteiger partial charge is 0.310 e. The van der Waals surface area contributed by atoms with E-state index in [-0.39, 0.29) is 11.9 Å². The molecule has 0 radical (unpaired) electrons. The van der Waals surface area contributed by atoms with Gasteiger partial charge in [0.05, 0.1) is 12.5 Å². The fraction of sp³-hybridized carbons (Fsp3) is 0.562. The molecule has 19 heavy (non-hydrogen) atoms. The molecule has 102 valence electrons. The van der Waals surface area contributed by atoms with Gasteiger partial charge >= 0.3 is 5.97 Å². The Labute approximate surface area is 114 Å². The van der Waals surface area contributed by atoms with Gasteiger partial charge in [-0.1, -0.05) is 30.3 Å². The Morgan fingerprint density at radius 3 is 2.84 bits per heavy atom. The molecule has 2 aliphatic rings. The minimum Gasteiger partial charge on any atom is -0.466 e. The predicted molar refractivity (Wildman–Crippen MR) is 73.5 cm³/mol. The number of likely N-dealkylation sites (tertiary alicyclic amines) is 1. The van der Waals surface area contributed by atoms with Crippen molar-refractivity contribution in [3.63, 3.8) is 0 Å². The molecular weight excluding hydrogens is 238 g/mol. The maximum Gasteiger partial charge on any atom is 0.310 e. The van der Waals surface area contributed by atoms with Crippen molar-refractivity contribution in [1.29, 1.82) is 0 Å². The largest absolute Gasteiger partial charge is 0.466 e. The second-order valence-corrected chi connectivity index (χ2v) is 5.60. The van der Waals surface area contributed by atoms with Gasteiger partial charge in [0.1, 0.15) is 0 Å². The molecular formula is C16H21NO2. The summed E-state index contributed by atoms with van der Waals surface area (Å²) in [5.41, 5.74) is 1.33. The molecule has 1 aliphatic heterocycles. The summed E-state index contributed by atoms with van der Waals surface area (Å²) in [5, 5.41) is 0. The summed E-state index contributed by atoms with van der Waals surface area (Å²) in [6.07, 6.45) is 2.32. The fourth-order valence-electron chi connectivity index (χ4n) is 3.70. The Balaban J connectivity index is 1.69. The van der Waals surface area contributed by atoms with Gasteiger partial charge < -0.3 is 4.74 Å². The Morgan fingerprint density at radius 1 is 1.32 bits per heavy atom. The molecule has 1 aromatic rings. The Kier molecular flexibility index (Phi) is 3.56. The molecule has 3 heteroatoms. The van der Waals surface area contributed by atoms with Gasteiger partial charge in [-0.15, -0.1) is 0 Å². The summed E-state index contributed by atoms with van der Waals surface area (Å²) < 4.78 is 5.24. The number of carbonyl (C=O) groups is 1. The highest BCUT2D eigenvalue weighted by Gasteiger charge is 2.50. The van der Waals surface area contributed by atoms with Crippen LogP contribution in [0.1, 0.15) is 25.3 Å². The molecule has 1 saturated carbocycles. The summed E-state index contributed by atoms with van der Waals surface area (Å²) in [4.78, 5) is 14.5. The molecule has 0 N–H and O–H groups in total. The van der Waals surface area contributed by atoms with E-state index in [0.717, 1.165) is 19.5 Å². The van der Waals surface area contributed by atoms with Crippen LogP contribution in [0.2, 0.25) is 0 Å². The van der Waals surface area contributed by atoms with Gasteiger partial charge in [-0.3, -0.25) is 9.69 Å². The van der Waals surface area contributed by atoms with Gasteiger partial charge in [0.2, 0.25) is 0 Å². The van der Waals surface area contributed by atoms with Crippen molar-refractivity contribution in [3.05, 3.63) is 35.9 Å². The molecule has 1 aliphatic carbocycles. The van der Waals surface area contributed by atoms with Gasteiger partial charge in [-0.2, -0.15) is 0 Å². The number of carbonyl (C=O) groups excluding carboxylic acids is 1. The molecule has 3 rings (SSSR count). The van der Waals surface area contributed by atoms with E-state index in [0.29, 0.717) is 18.6 Å². The van der Waals surface area contributed by atoms with E-state index in [4.69, 9.17) is 4.74 Å². The minimum absolute atomic E-state index is 0.0190. The summed E-state index contributed by atoms with van der Waals surface area (Å²) in [7, 11) is 0. The molecule has 1 heterocycles. The molecule has 3 nitrogen and oxygen atoms in total. The van der Waals surface area contributed by atoms with Crippen LogP contribution in [0.25, 0.3) is 0 Å². The van der Waals surface area contributed by atoms with E-state index in [1.807, 2.05) is 13.0 Å². The van der Waals surface area contributed by atoms with Crippen molar-refractivity contribution in [2.45, 2.75) is 32.4 Å². The molecule has 0 amide bonds. The van der Waals surface area contributed by atoms with Crippen LogP contribution in [0.15, 0.2) is 30.3 Å². The van der Waals surface area contributed by atoms with Crippen LogP contribution in [-0.2, 0) is 16.1 Å². The number of esters is 1. The van der Waals surface area contributed by atoms with Crippen LogP contribution >= 0.6 is 0 Å². The van der Waals surface area contributed by atoms with E-state index in [1.54, 1.807) is 0 Å². The zero-order valence-corrected chi connectivity index (χ0v) is 11.4. The van der Waals surface area contributed by atoms with Gasteiger partial charge in [0, 0.05) is 19.1 Å². The number of rotatable bonds is 4. The second kappa shape index (κ2) is 5.33. The molecule has 1 aromatic carbocycles. The number of piperidine rings is 1. The molecule has 2 fully saturated rings. The van der Waals surface area contributed by atoms with E-state index in [2.05, 4.69) is 29.2 Å². The first-order chi connectivity index (χ1) is 9.29. The first-order valence-electron chi connectivity index (χ1n) is 7.24. The maximum absolute atomic E-state index is 12.1. The standard InChI is InChI=1S/C16H21NO2/c1-2-19-16(18)15-13-8-9-14(15)17(11-13)10-12-6-4-3-5-7-12/h3-7,13-15H,2,8-11H2,1H3/t13-,14-,15+/m1/s1. The van der Waals surface area contributed by atoms with Crippen molar-refractivity contribution in [3.8, 4) is 0 Å².